The molecule has 92 valence electrons. The molecule has 0 saturated heterocycles. The minimum atomic E-state index is 0.318. The molecule has 0 fully saturated rings. The average Bonchev–Trinajstić information content (AvgIpc) is 2.95. The van der Waals surface area contributed by atoms with Crippen LogP contribution in [0.3, 0.4) is 0 Å². The average molecular weight is 233 g/mol. The van der Waals surface area contributed by atoms with Crippen LogP contribution in [0.15, 0.2) is 35.2 Å². The molecule has 0 aliphatic carbocycles. The molecule has 0 amide bonds. The van der Waals surface area contributed by atoms with Crippen molar-refractivity contribution in [1.82, 2.24) is 15.1 Å². The van der Waals surface area contributed by atoms with Gasteiger partial charge in [-0.05, 0) is 38.5 Å². The molecule has 0 aliphatic rings. The Morgan fingerprint density at radius 1 is 1.47 bits per heavy atom. The lowest BCUT2D eigenvalue weighted by Gasteiger charge is -2.21. The Balaban J connectivity index is 1.89. The molecule has 4 nitrogen and oxygen atoms in total. The van der Waals surface area contributed by atoms with Gasteiger partial charge in [-0.25, -0.2) is 0 Å². The summed E-state index contributed by atoms with van der Waals surface area (Å²) < 4.78 is 7.28. The van der Waals surface area contributed by atoms with E-state index >= 15 is 0 Å². The first-order chi connectivity index (χ1) is 8.16. The van der Waals surface area contributed by atoms with Crippen LogP contribution in [0.4, 0.5) is 0 Å². The largest absolute Gasteiger partial charge is 0.468 e. The molecule has 0 aliphatic heterocycles. The summed E-state index contributed by atoms with van der Waals surface area (Å²) >= 11 is 0. The molecule has 4 heteroatoms. The number of furan rings is 1. The van der Waals surface area contributed by atoms with Gasteiger partial charge in [0.2, 0.25) is 0 Å². The Labute approximate surface area is 102 Å². The Kier molecular flexibility index (Phi) is 3.64. The Hall–Kier alpha value is -1.55. The van der Waals surface area contributed by atoms with Crippen molar-refractivity contribution in [2.45, 2.75) is 39.4 Å². The maximum absolute atomic E-state index is 5.29. The molecule has 2 heterocycles. The van der Waals surface area contributed by atoms with Gasteiger partial charge in [0.15, 0.2) is 0 Å². The van der Waals surface area contributed by atoms with Crippen LogP contribution in [0.25, 0.3) is 0 Å². The third-order valence-electron chi connectivity index (χ3n) is 3.05. The van der Waals surface area contributed by atoms with Crippen LogP contribution in [0, 0.1) is 6.92 Å². The molecule has 1 N–H and O–H groups in total. The van der Waals surface area contributed by atoms with E-state index < -0.39 is 0 Å². The molecular weight excluding hydrogens is 214 g/mol. The van der Waals surface area contributed by atoms with Crippen LogP contribution in [0.2, 0.25) is 0 Å². The fraction of sp³-hybridized carbons (Fsp3) is 0.462. The summed E-state index contributed by atoms with van der Waals surface area (Å²) in [6.45, 7) is 7.12. The second-order valence-electron chi connectivity index (χ2n) is 4.49. The molecule has 0 bridgehead atoms. The SMILES string of the molecule is Cc1cnn([C@@H](C)[C@@H](C)NCc2ccco2)c1. The number of hydrogen-bond acceptors (Lipinski definition) is 3. The first-order valence-corrected chi connectivity index (χ1v) is 5.93. The highest BCUT2D eigenvalue weighted by Gasteiger charge is 2.14. The van der Waals surface area contributed by atoms with E-state index in [4.69, 9.17) is 4.42 Å². The smallest absolute Gasteiger partial charge is 0.117 e. The first-order valence-electron chi connectivity index (χ1n) is 5.93. The van der Waals surface area contributed by atoms with Crippen LogP contribution in [0.1, 0.15) is 31.2 Å². The van der Waals surface area contributed by atoms with Gasteiger partial charge in [-0.1, -0.05) is 0 Å². The molecule has 0 saturated carbocycles. The van der Waals surface area contributed by atoms with E-state index in [2.05, 4.69) is 37.4 Å². The monoisotopic (exact) mass is 233 g/mol. The number of hydrogen-bond donors (Lipinski definition) is 1. The van der Waals surface area contributed by atoms with Crippen molar-refractivity contribution in [3.63, 3.8) is 0 Å². The van der Waals surface area contributed by atoms with Gasteiger partial charge in [0.1, 0.15) is 5.76 Å². The maximum atomic E-state index is 5.29. The van der Waals surface area contributed by atoms with Gasteiger partial charge in [0.05, 0.1) is 25.0 Å². The van der Waals surface area contributed by atoms with E-state index in [0.717, 1.165) is 12.3 Å². The summed E-state index contributed by atoms with van der Waals surface area (Å²) in [5.41, 5.74) is 1.19. The highest BCUT2D eigenvalue weighted by atomic mass is 16.3. The fourth-order valence-electron chi connectivity index (χ4n) is 1.73. The van der Waals surface area contributed by atoms with Crippen molar-refractivity contribution < 1.29 is 4.42 Å². The molecule has 0 aromatic carbocycles. The zero-order valence-electron chi connectivity index (χ0n) is 10.6. The van der Waals surface area contributed by atoms with Crippen LogP contribution in [0.5, 0.6) is 0 Å². The van der Waals surface area contributed by atoms with Gasteiger partial charge in [-0.3, -0.25) is 4.68 Å². The van der Waals surface area contributed by atoms with Crippen molar-refractivity contribution in [3.8, 4) is 0 Å². The standard InChI is InChI=1S/C13H19N3O/c1-10-7-15-16(9-10)12(3)11(2)14-8-13-5-4-6-17-13/h4-7,9,11-12,14H,8H2,1-3H3/t11-,12+/m1/s1. The minimum absolute atomic E-state index is 0.318. The van der Waals surface area contributed by atoms with Crippen LogP contribution in [-0.4, -0.2) is 15.8 Å². The summed E-state index contributed by atoms with van der Waals surface area (Å²) in [7, 11) is 0. The third-order valence-corrected chi connectivity index (χ3v) is 3.05. The number of rotatable bonds is 5. The molecule has 0 unspecified atom stereocenters. The van der Waals surface area contributed by atoms with Gasteiger partial charge >= 0.3 is 0 Å². The lowest BCUT2D eigenvalue weighted by atomic mass is 10.1. The van der Waals surface area contributed by atoms with Gasteiger partial charge in [0, 0.05) is 12.2 Å². The molecule has 2 aromatic heterocycles. The molecule has 0 radical (unpaired) electrons. The predicted octanol–water partition coefficient (Wildman–Crippen LogP) is 2.52. The van der Waals surface area contributed by atoms with Crippen molar-refractivity contribution in [1.29, 1.82) is 0 Å². The maximum Gasteiger partial charge on any atom is 0.117 e. The summed E-state index contributed by atoms with van der Waals surface area (Å²) in [4.78, 5) is 0. The number of aryl methyl sites for hydroxylation is 1. The minimum Gasteiger partial charge on any atom is -0.468 e. The second-order valence-corrected chi connectivity index (χ2v) is 4.49. The Morgan fingerprint density at radius 2 is 2.29 bits per heavy atom. The summed E-state index contributed by atoms with van der Waals surface area (Å²) in [6, 6.07) is 4.53. The topological polar surface area (TPSA) is 43.0 Å². The second kappa shape index (κ2) is 5.19. The van der Waals surface area contributed by atoms with Crippen LogP contribution in [-0.2, 0) is 6.54 Å². The zero-order chi connectivity index (χ0) is 12.3. The van der Waals surface area contributed by atoms with E-state index in [-0.39, 0.29) is 0 Å². The molecule has 0 spiro atoms. The van der Waals surface area contributed by atoms with E-state index in [0.29, 0.717) is 12.1 Å². The van der Waals surface area contributed by atoms with Crippen molar-refractivity contribution in [3.05, 3.63) is 42.1 Å². The van der Waals surface area contributed by atoms with Gasteiger partial charge in [-0.15, -0.1) is 0 Å². The summed E-state index contributed by atoms with van der Waals surface area (Å²) in [5.74, 6) is 0.959. The molecule has 17 heavy (non-hydrogen) atoms. The highest BCUT2D eigenvalue weighted by Crippen LogP contribution is 2.11. The lowest BCUT2D eigenvalue weighted by Crippen LogP contribution is -2.33. The van der Waals surface area contributed by atoms with E-state index in [9.17, 15) is 0 Å². The number of aromatic nitrogens is 2. The van der Waals surface area contributed by atoms with Gasteiger partial charge in [-0.2, -0.15) is 5.10 Å². The molecule has 2 atom stereocenters. The van der Waals surface area contributed by atoms with Crippen LogP contribution >= 0.6 is 0 Å². The summed E-state index contributed by atoms with van der Waals surface area (Å²) in [6.07, 6.45) is 5.65. The number of nitrogens with zero attached hydrogens (tertiary/aromatic N) is 2. The predicted molar refractivity (Wildman–Crippen MR) is 66.7 cm³/mol. The third kappa shape index (κ3) is 2.97. The van der Waals surface area contributed by atoms with Crippen molar-refractivity contribution in [2.75, 3.05) is 0 Å². The van der Waals surface area contributed by atoms with E-state index in [1.165, 1.54) is 5.56 Å². The van der Waals surface area contributed by atoms with Crippen LogP contribution < -0.4 is 5.32 Å². The van der Waals surface area contributed by atoms with Gasteiger partial charge in [0.25, 0.3) is 0 Å². The fourth-order valence-corrected chi connectivity index (χ4v) is 1.73. The number of nitrogens with one attached hydrogen (secondary N) is 1. The van der Waals surface area contributed by atoms with E-state index in [1.807, 2.05) is 23.0 Å². The van der Waals surface area contributed by atoms with Crippen molar-refractivity contribution >= 4 is 0 Å². The zero-order valence-corrected chi connectivity index (χ0v) is 10.6. The van der Waals surface area contributed by atoms with Crippen molar-refractivity contribution in [2.24, 2.45) is 0 Å². The molecule has 2 rings (SSSR count). The normalized spacial score (nSPS) is 14.8. The summed E-state index contributed by atoms with van der Waals surface area (Å²) in [5, 5.41) is 7.77. The van der Waals surface area contributed by atoms with Gasteiger partial charge < -0.3 is 9.73 Å². The lowest BCUT2D eigenvalue weighted by molar-refractivity contribution is 0.351. The first kappa shape index (κ1) is 11.9. The molecule has 2 aromatic rings. The Bertz CT molecular complexity index is 447. The quantitative estimate of drug-likeness (QED) is 0.863. The van der Waals surface area contributed by atoms with E-state index in [1.54, 1.807) is 6.26 Å². The molecular formula is C13H19N3O. The highest BCUT2D eigenvalue weighted by molar-refractivity contribution is 5.01. The Morgan fingerprint density at radius 3 is 2.88 bits per heavy atom.